The molecule has 148 valence electrons. The lowest BCUT2D eigenvalue weighted by atomic mass is 10.2. The van der Waals surface area contributed by atoms with Crippen molar-refractivity contribution in [3.8, 4) is 11.4 Å². The van der Waals surface area contributed by atoms with Crippen molar-refractivity contribution in [2.24, 2.45) is 0 Å². The highest BCUT2D eigenvalue weighted by atomic mass is 32.2. The Morgan fingerprint density at radius 1 is 1.25 bits per heavy atom. The van der Waals surface area contributed by atoms with Crippen LogP contribution in [-0.4, -0.2) is 28.3 Å². The summed E-state index contributed by atoms with van der Waals surface area (Å²) in [5.41, 5.74) is 2.75. The van der Waals surface area contributed by atoms with Crippen LogP contribution in [0.25, 0.3) is 11.4 Å². The van der Waals surface area contributed by atoms with Gasteiger partial charge in [0.25, 0.3) is 0 Å². The van der Waals surface area contributed by atoms with E-state index in [1.807, 2.05) is 28.9 Å². The second-order valence-corrected chi connectivity index (χ2v) is 8.80. The van der Waals surface area contributed by atoms with Gasteiger partial charge in [-0.15, -0.1) is 0 Å². The minimum atomic E-state index is -3.73. The van der Waals surface area contributed by atoms with Crippen LogP contribution < -0.4 is 4.72 Å². The number of rotatable bonds is 6. The van der Waals surface area contributed by atoms with Crippen LogP contribution in [0.2, 0.25) is 0 Å². The standard InChI is InChI=1S/C19H23N5O3S/c1-13-19(14(2)27-23-13)28(25,26)21-12-15-11-18(17-9-5-6-10-20-17)24(22-15)16-7-3-4-8-16/h5-6,9-11,16,21H,3-4,7-8,12H2,1-2H3. The molecule has 0 bridgehead atoms. The zero-order valence-corrected chi connectivity index (χ0v) is 16.7. The summed E-state index contributed by atoms with van der Waals surface area (Å²) in [4.78, 5) is 4.54. The molecule has 9 heteroatoms. The minimum Gasteiger partial charge on any atom is -0.360 e. The van der Waals surface area contributed by atoms with Crippen LogP contribution >= 0.6 is 0 Å². The van der Waals surface area contributed by atoms with E-state index in [2.05, 4.69) is 14.9 Å². The van der Waals surface area contributed by atoms with E-state index in [1.165, 1.54) is 12.8 Å². The van der Waals surface area contributed by atoms with Crippen LogP contribution in [0, 0.1) is 13.8 Å². The number of sulfonamides is 1. The molecule has 0 radical (unpaired) electrons. The maximum atomic E-state index is 12.7. The van der Waals surface area contributed by atoms with Crippen molar-refractivity contribution in [2.45, 2.75) is 57.0 Å². The topological polar surface area (TPSA) is 103 Å². The quantitative estimate of drug-likeness (QED) is 0.681. The summed E-state index contributed by atoms with van der Waals surface area (Å²) in [5.74, 6) is 0.274. The Hall–Kier alpha value is -2.52. The summed E-state index contributed by atoms with van der Waals surface area (Å²) >= 11 is 0. The van der Waals surface area contributed by atoms with Gasteiger partial charge in [0.05, 0.1) is 29.7 Å². The Kier molecular flexibility index (Phi) is 5.03. The van der Waals surface area contributed by atoms with Gasteiger partial charge in [-0.25, -0.2) is 13.1 Å². The first-order valence-electron chi connectivity index (χ1n) is 9.38. The smallest absolute Gasteiger partial charge is 0.246 e. The van der Waals surface area contributed by atoms with Gasteiger partial charge in [0.2, 0.25) is 10.0 Å². The van der Waals surface area contributed by atoms with Gasteiger partial charge < -0.3 is 4.52 Å². The molecule has 8 nitrogen and oxygen atoms in total. The summed E-state index contributed by atoms with van der Waals surface area (Å²) in [7, 11) is -3.73. The number of hydrogen-bond donors (Lipinski definition) is 1. The molecule has 3 heterocycles. The predicted octanol–water partition coefficient (Wildman–Crippen LogP) is 3.14. The van der Waals surface area contributed by atoms with Crippen molar-refractivity contribution in [3.05, 3.63) is 47.6 Å². The third-order valence-electron chi connectivity index (χ3n) is 5.06. The lowest BCUT2D eigenvalue weighted by molar-refractivity contribution is 0.390. The Morgan fingerprint density at radius 3 is 2.68 bits per heavy atom. The van der Waals surface area contributed by atoms with Gasteiger partial charge in [0, 0.05) is 6.20 Å². The van der Waals surface area contributed by atoms with E-state index in [0.717, 1.165) is 24.2 Å². The van der Waals surface area contributed by atoms with Crippen molar-refractivity contribution >= 4 is 10.0 Å². The number of pyridine rings is 1. The lowest BCUT2D eigenvalue weighted by Gasteiger charge is -2.13. The molecule has 0 aliphatic heterocycles. The second-order valence-electron chi connectivity index (χ2n) is 7.10. The van der Waals surface area contributed by atoms with Crippen LogP contribution in [-0.2, 0) is 16.6 Å². The van der Waals surface area contributed by atoms with Crippen molar-refractivity contribution in [3.63, 3.8) is 0 Å². The van der Waals surface area contributed by atoms with Gasteiger partial charge in [-0.05, 0) is 44.9 Å². The summed E-state index contributed by atoms with van der Waals surface area (Å²) in [6.45, 7) is 3.29. The Morgan fingerprint density at radius 2 is 2.04 bits per heavy atom. The molecule has 3 aromatic rings. The van der Waals surface area contributed by atoms with E-state index < -0.39 is 10.0 Å². The van der Waals surface area contributed by atoms with Crippen LogP contribution in [0.3, 0.4) is 0 Å². The molecule has 1 aliphatic rings. The monoisotopic (exact) mass is 401 g/mol. The average Bonchev–Trinajstić information content (AvgIpc) is 3.40. The fraction of sp³-hybridized carbons (Fsp3) is 0.421. The van der Waals surface area contributed by atoms with E-state index in [9.17, 15) is 8.42 Å². The van der Waals surface area contributed by atoms with Gasteiger partial charge in [-0.2, -0.15) is 5.10 Å². The summed E-state index contributed by atoms with van der Waals surface area (Å²) in [6.07, 6.45) is 6.26. The molecule has 1 aliphatic carbocycles. The maximum absolute atomic E-state index is 12.7. The first kappa shape index (κ1) is 18.8. The Labute approximate surface area is 164 Å². The van der Waals surface area contributed by atoms with Crippen molar-refractivity contribution in [2.75, 3.05) is 0 Å². The number of nitrogens with zero attached hydrogens (tertiary/aromatic N) is 4. The van der Waals surface area contributed by atoms with Crippen LogP contribution in [0.1, 0.15) is 48.9 Å². The SMILES string of the molecule is Cc1noc(C)c1S(=O)(=O)NCc1cc(-c2ccccn2)n(C2CCCC2)n1. The van der Waals surface area contributed by atoms with Crippen LogP contribution in [0.15, 0.2) is 39.9 Å². The lowest BCUT2D eigenvalue weighted by Crippen LogP contribution is -2.24. The fourth-order valence-electron chi connectivity index (χ4n) is 3.76. The largest absolute Gasteiger partial charge is 0.360 e. The molecule has 0 atom stereocenters. The van der Waals surface area contributed by atoms with E-state index in [0.29, 0.717) is 17.4 Å². The highest BCUT2D eigenvalue weighted by molar-refractivity contribution is 7.89. The number of aryl methyl sites for hydroxylation is 2. The zero-order valence-electron chi connectivity index (χ0n) is 15.9. The number of nitrogens with one attached hydrogen (secondary N) is 1. The normalized spacial score (nSPS) is 15.4. The molecule has 0 spiro atoms. The zero-order chi connectivity index (χ0) is 19.7. The second kappa shape index (κ2) is 7.48. The Balaban J connectivity index is 1.62. The molecule has 0 saturated heterocycles. The van der Waals surface area contributed by atoms with Gasteiger partial charge in [-0.1, -0.05) is 24.1 Å². The molecule has 0 unspecified atom stereocenters. The molecule has 0 amide bonds. The van der Waals surface area contributed by atoms with Gasteiger partial charge in [0.15, 0.2) is 5.76 Å². The number of hydrogen-bond acceptors (Lipinski definition) is 6. The highest BCUT2D eigenvalue weighted by Crippen LogP contribution is 2.33. The van der Waals surface area contributed by atoms with Gasteiger partial charge in [-0.3, -0.25) is 9.67 Å². The summed E-state index contributed by atoms with van der Waals surface area (Å²) in [5, 5.41) is 8.43. The van der Waals surface area contributed by atoms with Crippen LogP contribution in [0.5, 0.6) is 0 Å². The van der Waals surface area contributed by atoms with Crippen molar-refractivity contribution in [1.29, 1.82) is 0 Å². The third kappa shape index (κ3) is 3.59. The summed E-state index contributed by atoms with van der Waals surface area (Å²) in [6, 6.07) is 7.99. The fourth-order valence-corrected chi connectivity index (χ4v) is 5.09. The van der Waals surface area contributed by atoms with E-state index in [1.54, 1.807) is 20.0 Å². The van der Waals surface area contributed by atoms with Crippen molar-refractivity contribution < 1.29 is 12.9 Å². The molecular weight excluding hydrogens is 378 g/mol. The van der Waals surface area contributed by atoms with Crippen molar-refractivity contribution in [1.82, 2.24) is 24.6 Å². The predicted molar refractivity (Wildman–Crippen MR) is 103 cm³/mol. The van der Waals surface area contributed by atoms with E-state index >= 15 is 0 Å². The first-order valence-corrected chi connectivity index (χ1v) is 10.9. The van der Waals surface area contributed by atoms with E-state index in [4.69, 9.17) is 9.62 Å². The Bertz CT molecular complexity index is 1050. The summed E-state index contributed by atoms with van der Waals surface area (Å²) < 4.78 is 34.9. The average molecular weight is 401 g/mol. The minimum absolute atomic E-state index is 0.0892. The molecule has 3 aromatic heterocycles. The van der Waals surface area contributed by atoms with E-state index in [-0.39, 0.29) is 17.2 Å². The first-order chi connectivity index (χ1) is 13.5. The molecule has 1 N–H and O–H groups in total. The molecule has 28 heavy (non-hydrogen) atoms. The molecule has 4 rings (SSSR count). The molecule has 1 saturated carbocycles. The number of aromatic nitrogens is 4. The molecular formula is C19H23N5O3S. The maximum Gasteiger partial charge on any atom is 0.246 e. The van der Waals surface area contributed by atoms with Gasteiger partial charge in [0.1, 0.15) is 10.6 Å². The molecule has 1 fully saturated rings. The van der Waals surface area contributed by atoms with Gasteiger partial charge >= 0.3 is 0 Å². The third-order valence-corrected chi connectivity index (χ3v) is 6.71. The van der Waals surface area contributed by atoms with Crippen LogP contribution in [0.4, 0.5) is 0 Å². The highest BCUT2D eigenvalue weighted by Gasteiger charge is 2.26. The molecule has 0 aromatic carbocycles.